The van der Waals surface area contributed by atoms with E-state index in [1.165, 1.54) is 0 Å². The third-order valence-electron chi connectivity index (χ3n) is 4.01. The van der Waals surface area contributed by atoms with Crippen LogP contribution in [0.25, 0.3) is 0 Å². The predicted octanol–water partition coefficient (Wildman–Crippen LogP) is 3.06. The third-order valence-corrected chi connectivity index (χ3v) is 4.01. The zero-order chi connectivity index (χ0) is 17.5. The van der Waals surface area contributed by atoms with Crippen molar-refractivity contribution in [1.82, 2.24) is 10.6 Å². The van der Waals surface area contributed by atoms with Gasteiger partial charge in [-0.25, -0.2) is 4.79 Å². The molecule has 0 spiro atoms. The van der Waals surface area contributed by atoms with E-state index in [0.29, 0.717) is 6.42 Å². The van der Waals surface area contributed by atoms with Gasteiger partial charge < -0.3 is 20.5 Å². The Kier molecular flexibility index (Phi) is 7.82. The normalized spacial score (nSPS) is 23.7. The zero-order valence-corrected chi connectivity index (χ0v) is 14.9. The van der Waals surface area contributed by atoms with E-state index in [0.717, 1.165) is 32.1 Å². The molecule has 0 aromatic heterocycles. The Morgan fingerprint density at radius 2 is 1.78 bits per heavy atom. The lowest BCUT2D eigenvalue weighted by atomic mass is 10.0. The van der Waals surface area contributed by atoms with Crippen molar-refractivity contribution in [3.8, 4) is 0 Å². The first-order valence-corrected chi connectivity index (χ1v) is 8.65. The van der Waals surface area contributed by atoms with E-state index in [2.05, 4.69) is 10.6 Å². The molecule has 3 unspecified atom stereocenters. The summed E-state index contributed by atoms with van der Waals surface area (Å²) < 4.78 is 5.36. The highest BCUT2D eigenvalue weighted by Crippen LogP contribution is 2.20. The average molecular weight is 328 g/mol. The van der Waals surface area contributed by atoms with Crippen molar-refractivity contribution in [1.29, 1.82) is 0 Å². The molecule has 3 N–H and O–H groups in total. The van der Waals surface area contributed by atoms with Gasteiger partial charge in [-0.2, -0.15) is 0 Å². The Bertz CT molecular complexity index is 393. The summed E-state index contributed by atoms with van der Waals surface area (Å²) in [5, 5.41) is 15.3. The first kappa shape index (κ1) is 19.7. The SMILES string of the molecule is CC(CCC(=O)O)NC1CCCCCC1NC(=O)OC(C)(C)C. The maximum Gasteiger partial charge on any atom is 0.407 e. The Hall–Kier alpha value is -1.30. The Morgan fingerprint density at radius 3 is 2.35 bits per heavy atom. The number of carboxylic acids is 1. The summed E-state index contributed by atoms with van der Waals surface area (Å²) in [7, 11) is 0. The number of alkyl carbamates (subject to hydrolysis) is 1. The smallest absolute Gasteiger partial charge is 0.407 e. The summed E-state index contributed by atoms with van der Waals surface area (Å²) in [5.41, 5.74) is -0.507. The topological polar surface area (TPSA) is 87.7 Å². The van der Waals surface area contributed by atoms with Crippen LogP contribution < -0.4 is 10.6 Å². The predicted molar refractivity (Wildman–Crippen MR) is 89.5 cm³/mol. The molecule has 0 radical (unpaired) electrons. The second-order valence-corrected chi connectivity index (χ2v) is 7.50. The zero-order valence-electron chi connectivity index (χ0n) is 14.9. The van der Waals surface area contributed by atoms with E-state index >= 15 is 0 Å². The van der Waals surface area contributed by atoms with Crippen molar-refractivity contribution >= 4 is 12.1 Å². The molecule has 0 aliphatic heterocycles. The van der Waals surface area contributed by atoms with Crippen molar-refractivity contribution in [3.63, 3.8) is 0 Å². The minimum atomic E-state index is -0.775. The number of hydrogen-bond acceptors (Lipinski definition) is 4. The van der Waals surface area contributed by atoms with Crippen molar-refractivity contribution in [2.24, 2.45) is 0 Å². The first-order valence-electron chi connectivity index (χ1n) is 8.65. The van der Waals surface area contributed by atoms with Crippen LogP contribution in [0.5, 0.6) is 0 Å². The highest BCUT2D eigenvalue weighted by atomic mass is 16.6. The van der Waals surface area contributed by atoms with Crippen LogP contribution in [-0.4, -0.2) is 40.9 Å². The van der Waals surface area contributed by atoms with Crippen LogP contribution in [0.4, 0.5) is 4.79 Å². The van der Waals surface area contributed by atoms with Crippen LogP contribution in [0.15, 0.2) is 0 Å². The molecule has 6 heteroatoms. The van der Waals surface area contributed by atoms with Crippen LogP contribution in [0.1, 0.15) is 72.6 Å². The van der Waals surface area contributed by atoms with Gasteiger partial charge in [-0.05, 0) is 47.0 Å². The molecule has 1 amide bonds. The molecule has 134 valence electrons. The second kappa shape index (κ2) is 9.11. The fourth-order valence-corrected chi connectivity index (χ4v) is 2.93. The lowest BCUT2D eigenvalue weighted by molar-refractivity contribution is -0.137. The molecular weight excluding hydrogens is 296 g/mol. The molecule has 0 heterocycles. The number of hydrogen-bond donors (Lipinski definition) is 3. The highest BCUT2D eigenvalue weighted by molar-refractivity contribution is 5.68. The fraction of sp³-hybridized carbons (Fsp3) is 0.882. The molecule has 1 aliphatic rings. The third kappa shape index (κ3) is 8.79. The lowest BCUT2D eigenvalue weighted by Gasteiger charge is -2.31. The number of rotatable bonds is 6. The average Bonchev–Trinajstić information content (AvgIpc) is 2.60. The lowest BCUT2D eigenvalue weighted by Crippen LogP contribution is -2.52. The van der Waals surface area contributed by atoms with Crippen LogP contribution in [0, 0.1) is 0 Å². The molecule has 6 nitrogen and oxygen atoms in total. The van der Waals surface area contributed by atoms with Crippen molar-refractivity contribution in [2.75, 3.05) is 0 Å². The van der Waals surface area contributed by atoms with Gasteiger partial charge in [0.25, 0.3) is 0 Å². The molecular formula is C17H32N2O4. The van der Waals surface area contributed by atoms with Crippen LogP contribution in [0.3, 0.4) is 0 Å². The maximum absolute atomic E-state index is 12.0. The van der Waals surface area contributed by atoms with Crippen molar-refractivity contribution < 1.29 is 19.4 Å². The number of carbonyl (C=O) groups excluding carboxylic acids is 1. The largest absolute Gasteiger partial charge is 0.481 e. The van der Waals surface area contributed by atoms with Crippen molar-refractivity contribution in [2.45, 2.75) is 96.4 Å². The van der Waals surface area contributed by atoms with Crippen LogP contribution in [-0.2, 0) is 9.53 Å². The number of aliphatic carboxylic acids is 1. The van der Waals surface area contributed by atoms with E-state index < -0.39 is 11.6 Å². The summed E-state index contributed by atoms with van der Waals surface area (Å²) >= 11 is 0. The summed E-state index contributed by atoms with van der Waals surface area (Å²) in [6.45, 7) is 7.55. The van der Waals surface area contributed by atoms with E-state index in [1.54, 1.807) is 0 Å². The van der Waals surface area contributed by atoms with Gasteiger partial charge >= 0.3 is 12.1 Å². The first-order chi connectivity index (χ1) is 10.7. The van der Waals surface area contributed by atoms with Gasteiger partial charge in [-0.1, -0.05) is 19.3 Å². The number of nitrogens with one attached hydrogen (secondary N) is 2. The van der Waals surface area contributed by atoms with Gasteiger partial charge in [0.05, 0.1) is 0 Å². The minimum absolute atomic E-state index is 0.0274. The Balaban J connectivity index is 2.57. The number of carboxylic acid groups (broad SMARTS) is 1. The van der Waals surface area contributed by atoms with Crippen LogP contribution in [0.2, 0.25) is 0 Å². The van der Waals surface area contributed by atoms with Gasteiger partial charge in [0.1, 0.15) is 5.60 Å². The van der Waals surface area contributed by atoms with Gasteiger partial charge in [0, 0.05) is 24.5 Å². The molecule has 0 bridgehead atoms. The van der Waals surface area contributed by atoms with E-state index in [1.807, 2.05) is 27.7 Å². The van der Waals surface area contributed by atoms with Crippen molar-refractivity contribution in [3.05, 3.63) is 0 Å². The molecule has 1 saturated carbocycles. The monoisotopic (exact) mass is 328 g/mol. The summed E-state index contributed by atoms with van der Waals surface area (Å²) in [4.78, 5) is 22.7. The van der Waals surface area contributed by atoms with Gasteiger partial charge in [-0.15, -0.1) is 0 Å². The quantitative estimate of drug-likeness (QED) is 0.652. The Labute approximate surface area is 139 Å². The van der Waals surface area contributed by atoms with Gasteiger partial charge in [0.2, 0.25) is 0 Å². The molecule has 1 fully saturated rings. The number of amides is 1. The number of ether oxygens (including phenoxy) is 1. The standard InChI is InChI=1S/C17H32N2O4/c1-12(10-11-15(20)21)18-13-8-6-5-7-9-14(13)19-16(22)23-17(2,3)4/h12-14,18H,5-11H2,1-4H3,(H,19,22)(H,20,21). The molecule has 0 saturated heterocycles. The Morgan fingerprint density at radius 1 is 1.17 bits per heavy atom. The molecule has 0 aromatic carbocycles. The van der Waals surface area contributed by atoms with E-state index in [4.69, 9.17) is 9.84 Å². The second-order valence-electron chi connectivity index (χ2n) is 7.50. The molecule has 0 aromatic rings. The summed E-state index contributed by atoms with van der Waals surface area (Å²) in [5.74, 6) is -0.775. The molecule has 3 atom stereocenters. The molecule has 1 rings (SSSR count). The minimum Gasteiger partial charge on any atom is -0.481 e. The molecule has 1 aliphatic carbocycles. The van der Waals surface area contributed by atoms with E-state index in [9.17, 15) is 9.59 Å². The van der Waals surface area contributed by atoms with Gasteiger partial charge in [-0.3, -0.25) is 4.79 Å². The number of carbonyl (C=O) groups is 2. The maximum atomic E-state index is 12.0. The molecule has 23 heavy (non-hydrogen) atoms. The highest BCUT2D eigenvalue weighted by Gasteiger charge is 2.28. The van der Waals surface area contributed by atoms with Gasteiger partial charge in [0.15, 0.2) is 0 Å². The van der Waals surface area contributed by atoms with E-state index in [-0.39, 0.29) is 30.6 Å². The summed E-state index contributed by atoms with van der Waals surface area (Å²) in [6.07, 6.45) is 5.64. The van der Waals surface area contributed by atoms with Crippen LogP contribution >= 0.6 is 0 Å². The fourth-order valence-electron chi connectivity index (χ4n) is 2.93. The summed E-state index contributed by atoms with van der Waals surface area (Å²) in [6, 6.07) is 0.297.